The summed E-state index contributed by atoms with van der Waals surface area (Å²) >= 11 is 0. The Labute approximate surface area is 166 Å². The van der Waals surface area contributed by atoms with Crippen molar-refractivity contribution < 1.29 is 22.8 Å². The average molecular weight is 406 g/mol. The number of carbonyl (C=O) groups is 2. The van der Waals surface area contributed by atoms with Crippen LogP contribution in [0.4, 0.5) is 19.0 Å². The first-order chi connectivity index (χ1) is 13.6. The summed E-state index contributed by atoms with van der Waals surface area (Å²) in [7, 11) is 0. The van der Waals surface area contributed by atoms with Gasteiger partial charge in [-0.1, -0.05) is 6.07 Å². The van der Waals surface area contributed by atoms with Gasteiger partial charge in [-0.25, -0.2) is 9.97 Å². The first-order valence-corrected chi connectivity index (χ1v) is 9.24. The number of hydrogen-bond donors (Lipinski definition) is 1. The molecular formula is C20H21F3N4O2. The largest absolute Gasteiger partial charge is 0.433 e. The van der Waals surface area contributed by atoms with E-state index in [4.69, 9.17) is 0 Å². The summed E-state index contributed by atoms with van der Waals surface area (Å²) in [5.41, 5.74) is -0.138. The van der Waals surface area contributed by atoms with Gasteiger partial charge in [0.25, 0.3) is 5.91 Å². The molecule has 0 radical (unpaired) electrons. The zero-order valence-corrected chi connectivity index (χ0v) is 16.1. The van der Waals surface area contributed by atoms with Gasteiger partial charge in [0, 0.05) is 18.8 Å². The van der Waals surface area contributed by atoms with Gasteiger partial charge in [-0.05, 0) is 51.0 Å². The van der Waals surface area contributed by atoms with Crippen molar-refractivity contribution in [2.24, 2.45) is 5.92 Å². The quantitative estimate of drug-likeness (QED) is 0.845. The Morgan fingerprint density at radius 1 is 1.14 bits per heavy atom. The zero-order chi connectivity index (χ0) is 21.2. The fourth-order valence-electron chi connectivity index (χ4n) is 3.33. The van der Waals surface area contributed by atoms with E-state index in [0.29, 0.717) is 25.2 Å². The van der Waals surface area contributed by atoms with Crippen molar-refractivity contribution in [2.75, 3.05) is 18.4 Å². The number of nitrogens with one attached hydrogen (secondary N) is 1. The van der Waals surface area contributed by atoms with E-state index in [-0.39, 0.29) is 23.7 Å². The van der Waals surface area contributed by atoms with E-state index >= 15 is 0 Å². The lowest BCUT2D eigenvalue weighted by Crippen LogP contribution is -2.44. The van der Waals surface area contributed by atoms with Gasteiger partial charge in [0.1, 0.15) is 11.5 Å². The van der Waals surface area contributed by atoms with Gasteiger partial charge in [0.15, 0.2) is 0 Å². The van der Waals surface area contributed by atoms with Crippen molar-refractivity contribution in [1.29, 1.82) is 0 Å². The molecule has 0 bridgehead atoms. The van der Waals surface area contributed by atoms with E-state index in [0.717, 1.165) is 17.8 Å². The summed E-state index contributed by atoms with van der Waals surface area (Å²) < 4.78 is 38.4. The van der Waals surface area contributed by atoms with E-state index in [1.165, 1.54) is 11.8 Å². The molecule has 2 aromatic rings. The predicted octanol–water partition coefficient (Wildman–Crippen LogP) is 3.60. The highest BCUT2D eigenvalue weighted by Gasteiger charge is 2.34. The molecule has 2 amide bonds. The third-order valence-electron chi connectivity index (χ3n) is 4.83. The molecule has 3 heterocycles. The maximum absolute atomic E-state index is 12.8. The number of amides is 2. The molecule has 0 aliphatic carbocycles. The second-order valence-electron chi connectivity index (χ2n) is 7.07. The molecule has 29 heavy (non-hydrogen) atoms. The molecule has 1 atom stereocenters. The van der Waals surface area contributed by atoms with Gasteiger partial charge < -0.3 is 10.2 Å². The molecule has 1 unspecified atom stereocenters. The second-order valence-corrected chi connectivity index (χ2v) is 7.07. The van der Waals surface area contributed by atoms with Crippen molar-refractivity contribution in [3.63, 3.8) is 0 Å². The Bertz CT molecular complexity index is 930. The average Bonchev–Trinajstić information content (AvgIpc) is 2.67. The van der Waals surface area contributed by atoms with Crippen LogP contribution in [0.15, 0.2) is 30.3 Å². The first kappa shape index (κ1) is 20.8. The second kappa shape index (κ2) is 8.18. The van der Waals surface area contributed by atoms with E-state index in [1.807, 2.05) is 13.0 Å². The van der Waals surface area contributed by atoms with E-state index in [1.54, 1.807) is 12.1 Å². The fraction of sp³-hybridized carbons (Fsp3) is 0.400. The van der Waals surface area contributed by atoms with Gasteiger partial charge in [-0.3, -0.25) is 9.59 Å². The lowest BCUT2D eigenvalue weighted by Gasteiger charge is -2.32. The maximum atomic E-state index is 12.8. The van der Waals surface area contributed by atoms with Crippen molar-refractivity contribution in [3.05, 3.63) is 53.0 Å². The lowest BCUT2D eigenvalue weighted by atomic mass is 9.96. The SMILES string of the molecule is Cc1cccc(NC(=O)C2CCCN(C(=O)c3ccc(C(F)(F)F)nc3C)C2)n1. The normalized spacial score (nSPS) is 17.1. The van der Waals surface area contributed by atoms with Crippen molar-refractivity contribution in [3.8, 4) is 0 Å². The number of carbonyl (C=O) groups excluding carboxylic acids is 2. The van der Waals surface area contributed by atoms with E-state index in [2.05, 4.69) is 15.3 Å². The zero-order valence-electron chi connectivity index (χ0n) is 16.1. The van der Waals surface area contributed by atoms with Crippen molar-refractivity contribution in [1.82, 2.24) is 14.9 Å². The number of alkyl halides is 3. The molecule has 1 fully saturated rings. The minimum absolute atomic E-state index is 0.0142. The smallest absolute Gasteiger partial charge is 0.338 e. The fourth-order valence-corrected chi connectivity index (χ4v) is 3.33. The lowest BCUT2D eigenvalue weighted by molar-refractivity contribution is -0.141. The highest BCUT2D eigenvalue weighted by Crippen LogP contribution is 2.29. The standard InChI is InChI=1S/C20H21F3N4O2/c1-12-5-3-7-17(24-12)26-18(28)14-6-4-10-27(11-14)19(29)15-8-9-16(20(21,22)23)25-13(15)2/h3,5,7-9,14H,4,6,10-11H2,1-2H3,(H,24,26,28). The molecular weight excluding hydrogens is 385 g/mol. The van der Waals surface area contributed by atoms with Crippen LogP contribution in [-0.4, -0.2) is 39.8 Å². The Morgan fingerprint density at radius 2 is 1.90 bits per heavy atom. The number of aromatic nitrogens is 2. The minimum Gasteiger partial charge on any atom is -0.338 e. The van der Waals surface area contributed by atoms with Gasteiger partial charge in [0.2, 0.25) is 5.91 Å². The van der Waals surface area contributed by atoms with Crippen LogP contribution in [0.5, 0.6) is 0 Å². The Kier molecular flexibility index (Phi) is 5.86. The third kappa shape index (κ3) is 4.90. The van der Waals surface area contributed by atoms with Crippen LogP contribution in [0.3, 0.4) is 0 Å². The van der Waals surface area contributed by atoms with Gasteiger partial charge in [0.05, 0.1) is 17.2 Å². The van der Waals surface area contributed by atoms with Crippen LogP contribution in [0.1, 0.15) is 40.3 Å². The number of rotatable bonds is 3. The van der Waals surface area contributed by atoms with E-state index < -0.39 is 23.7 Å². The summed E-state index contributed by atoms with van der Waals surface area (Å²) in [6, 6.07) is 7.24. The van der Waals surface area contributed by atoms with Crippen LogP contribution in [0.25, 0.3) is 0 Å². The van der Waals surface area contributed by atoms with E-state index in [9.17, 15) is 22.8 Å². The number of piperidine rings is 1. The summed E-state index contributed by atoms with van der Waals surface area (Å²) in [6.07, 6.45) is -3.33. The highest BCUT2D eigenvalue weighted by atomic mass is 19.4. The van der Waals surface area contributed by atoms with Crippen molar-refractivity contribution in [2.45, 2.75) is 32.9 Å². The Hall–Kier alpha value is -2.97. The Balaban J connectivity index is 1.70. The highest BCUT2D eigenvalue weighted by molar-refractivity contribution is 5.96. The molecule has 9 heteroatoms. The number of aryl methyl sites for hydroxylation is 2. The summed E-state index contributed by atoms with van der Waals surface area (Å²) in [4.78, 5) is 34.6. The summed E-state index contributed by atoms with van der Waals surface area (Å²) in [6.45, 7) is 3.82. The van der Waals surface area contributed by atoms with Crippen LogP contribution < -0.4 is 5.32 Å². The van der Waals surface area contributed by atoms with Gasteiger partial charge in [-0.2, -0.15) is 13.2 Å². The number of nitrogens with zero attached hydrogens (tertiary/aromatic N) is 3. The molecule has 0 spiro atoms. The molecule has 1 saturated heterocycles. The molecule has 0 saturated carbocycles. The van der Waals surface area contributed by atoms with Crippen LogP contribution in [-0.2, 0) is 11.0 Å². The molecule has 0 aromatic carbocycles. The molecule has 2 aromatic heterocycles. The number of halogens is 3. The predicted molar refractivity (Wildman–Crippen MR) is 100 cm³/mol. The first-order valence-electron chi connectivity index (χ1n) is 9.24. The minimum atomic E-state index is -4.57. The maximum Gasteiger partial charge on any atom is 0.433 e. The molecule has 1 N–H and O–H groups in total. The van der Waals surface area contributed by atoms with Crippen LogP contribution >= 0.6 is 0 Å². The van der Waals surface area contributed by atoms with Gasteiger partial charge >= 0.3 is 6.18 Å². The van der Waals surface area contributed by atoms with Crippen LogP contribution in [0.2, 0.25) is 0 Å². The number of hydrogen-bond acceptors (Lipinski definition) is 4. The van der Waals surface area contributed by atoms with Crippen LogP contribution in [0, 0.1) is 19.8 Å². The van der Waals surface area contributed by atoms with Gasteiger partial charge in [-0.15, -0.1) is 0 Å². The summed E-state index contributed by atoms with van der Waals surface area (Å²) in [5, 5.41) is 2.76. The molecule has 154 valence electrons. The third-order valence-corrected chi connectivity index (χ3v) is 4.83. The number of anilines is 1. The number of pyridine rings is 2. The molecule has 6 nitrogen and oxygen atoms in total. The monoisotopic (exact) mass is 406 g/mol. The Morgan fingerprint density at radius 3 is 2.55 bits per heavy atom. The molecule has 1 aliphatic rings. The summed E-state index contributed by atoms with van der Waals surface area (Å²) in [5.74, 6) is -0.628. The number of likely N-dealkylation sites (tertiary alicyclic amines) is 1. The molecule has 3 rings (SSSR count). The topological polar surface area (TPSA) is 75.2 Å². The van der Waals surface area contributed by atoms with Crippen molar-refractivity contribution >= 4 is 17.6 Å². The molecule has 1 aliphatic heterocycles.